The first-order valence-corrected chi connectivity index (χ1v) is 40.0. The molecule has 4 aromatic heterocycles. The van der Waals surface area contributed by atoms with E-state index in [-0.39, 0.29) is 0 Å². The summed E-state index contributed by atoms with van der Waals surface area (Å²) in [5, 5.41) is 0. The number of hydrogen-bond acceptors (Lipinski definition) is 10. The Morgan fingerprint density at radius 1 is 0.0833 bits per heavy atom. The first kappa shape index (κ1) is 73.8. The van der Waals surface area contributed by atoms with E-state index in [2.05, 4.69) is 279 Å². The van der Waals surface area contributed by atoms with Gasteiger partial charge in [-0.3, -0.25) is 0 Å². The summed E-state index contributed by atoms with van der Waals surface area (Å²) in [5.41, 5.74) is 28.5. The molecule has 0 unspecified atom stereocenters. The molecule has 16 aromatic carbocycles. The molecular weight excluding hydrogens is 1460 g/mol. The Bertz CT molecular complexity index is 6850. The molecular formula is C110H74N10. The van der Waals surface area contributed by atoms with Crippen LogP contribution in [0.15, 0.2) is 449 Å². The van der Waals surface area contributed by atoms with E-state index in [1.165, 1.54) is 22.3 Å². The molecule has 20 rings (SSSR count). The fourth-order valence-electron chi connectivity index (χ4n) is 14.9. The van der Waals surface area contributed by atoms with Crippen molar-refractivity contribution in [2.75, 3.05) is 0 Å². The van der Waals surface area contributed by atoms with Gasteiger partial charge in [0.25, 0.3) is 0 Å². The lowest BCUT2D eigenvalue weighted by molar-refractivity contribution is 1.07. The Morgan fingerprint density at radius 3 is 0.450 bits per heavy atom. The van der Waals surface area contributed by atoms with Crippen LogP contribution in [0, 0.1) is 0 Å². The predicted molar refractivity (Wildman–Crippen MR) is 489 cm³/mol. The minimum absolute atomic E-state index is 0.608. The monoisotopic (exact) mass is 1530 g/mol. The van der Waals surface area contributed by atoms with Gasteiger partial charge in [0.15, 0.2) is 46.6 Å². The van der Waals surface area contributed by atoms with Crippen LogP contribution in [0.5, 0.6) is 0 Å². The summed E-state index contributed by atoms with van der Waals surface area (Å²) in [6.45, 7) is 0. The molecule has 0 saturated heterocycles. The molecule has 0 aliphatic heterocycles. The highest BCUT2D eigenvalue weighted by molar-refractivity contribution is 5.83. The zero-order valence-electron chi connectivity index (χ0n) is 65.2. The van der Waals surface area contributed by atoms with Crippen molar-refractivity contribution >= 4 is 0 Å². The topological polar surface area (TPSA) is 129 Å². The first-order valence-electron chi connectivity index (χ1n) is 40.0. The number of rotatable bonds is 18. The van der Waals surface area contributed by atoms with Gasteiger partial charge in [-0.25, -0.2) is 49.8 Å². The van der Waals surface area contributed by atoms with Crippen molar-refractivity contribution < 1.29 is 0 Å². The van der Waals surface area contributed by atoms with Gasteiger partial charge in [-0.15, -0.1) is 0 Å². The molecule has 10 nitrogen and oxygen atoms in total. The van der Waals surface area contributed by atoms with E-state index >= 15 is 0 Å². The normalized spacial score (nSPS) is 11.0. The van der Waals surface area contributed by atoms with E-state index < -0.39 is 0 Å². The van der Waals surface area contributed by atoms with Gasteiger partial charge in [0.1, 0.15) is 0 Å². The highest BCUT2D eigenvalue weighted by atomic mass is 15.0. The van der Waals surface area contributed by atoms with Crippen LogP contribution >= 0.6 is 0 Å². The van der Waals surface area contributed by atoms with Gasteiger partial charge >= 0.3 is 0 Å². The lowest BCUT2D eigenvalue weighted by Gasteiger charge is -2.12. The third-order valence-corrected chi connectivity index (χ3v) is 21.1. The third-order valence-electron chi connectivity index (χ3n) is 21.1. The van der Waals surface area contributed by atoms with Crippen molar-refractivity contribution in [3.8, 4) is 203 Å². The van der Waals surface area contributed by atoms with Gasteiger partial charge in [0.05, 0.1) is 22.8 Å². The van der Waals surface area contributed by atoms with E-state index in [9.17, 15) is 0 Å². The summed E-state index contributed by atoms with van der Waals surface area (Å²) in [6.07, 6.45) is 0. The van der Waals surface area contributed by atoms with E-state index in [4.69, 9.17) is 49.8 Å². The molecule has 0 bridgehead atoms. The fourth-order valence-corrected chi connectivity index (χ4v) is 14.9. The van der Waals surface area contributed by atoms with Gasteiger partial charge in [-0.05, 0) is 115 Å². The van der Waals surface area contributed by atoms with Crippen LogP contribution in [0.3, 0.4) is 0 Å². The second-order valence-corrected chi connectivity index (χ2v) is 29.1. The summed E-state index contributed by atoms with van der Waals surface area (Å²) in [7, 11) is 0. The van der Waals surface area contributed by atoms with E-state index in [1.807, 2.05) is 170 Å². The number of aromatic nitrogens is 10. The number of benzene rings is 16. The van der Waals surface area contributed by atoms with Crippen LogP contribution in [0.4, 0.5) is 0 Å². The molecule has 120 heavy (non-hydrogen) atoms. The lowest BCUT2D eigenvalue weighted by Crippen LogP contribution is -2.00. The zero-order chi connectivity index (χ0) is 80.2. The standard InChI is InChI=1S/2C55H37N5/c1-5-16-38(17-6-1)44-24-13-26-46(34-44)47-27-15-28-48(36-47)54-56-50(40-18-7-2-8-19-40)37-51(57-54)41-32-30-39(31-33-41)45-25-14-29-49(35-45)55-59-52(42-20-9-3-10-21-42)58-53(60-55)43-22-11-4-12-23-43;1-5-16-38(17-6-1)44-24-13-26-46(34-44)47-27-15-29-49(36-47)55-59-53(43-22-11-4-12-23-43)58-54(60-55)48-28-14-25-45(35-48)39-30-32-41(33-31-39)51-37-50(40-18-7-2-8-19-40)56-52(57-51)42-20-9-3-10-21-42/h2*1-37H. The molecule has 0 saturated carbocycles. The molecule has 4 heterocycles. The maximum Gasteiger partial charge on any atom is 0.164 e. The SMILES string of the molecule is c1ccc(-c2cccc(-c3cccc(-c4nc(-c5ccccc5)cc(-c5ccc(-c6cccc(-c7nc(-c8ccccc8)nc(-c8ccccc8)n7)c6)cc5)n4)c3)c2)cc1.c1ccc(-c2cccc(-c3cccc(-c4nc(-c5ccccc5)nc(-c5cccc(-c6ccc(-c7cc(-c8ccccc8)nc(-c8ccccc8)n7)cc6)c5)n4)c3)c2)cc1. The van der Waals surface area contributed by atoms with Crippen molar-refractivity contribution in [1.29, 1.82) is 0 Å². The maximum absolute atomic E-state index is 5.19. The van der Waals surface area contributed by atoms with Crippen molar-refractivity contribution in [2.24, 2.45) is 0 Å². The van der Waals surface area contributed by atoms with E-state index in [0.717, 1.165) is 134 Å². The molecule has 0 radical (unpaired) electrons. The van der Waals surface area contributed by atoms with Crippen molar-refractivity contribution in [2.45, 2.75) is 0 Å². The fraction of sp³-hybridized carbons (Fsp3) is 0. The molecule has 0 amide bonds. The van der Waals surface area contributed by atoms with Crippen LogP contribution in [0.25, 0.3) is 203 Å². The van der Waals surface area contributed by atoms with Crippen LogP contribution < -0.4 is 0 Å². The molecule has 564 valence electrons. The van der Waals surface area contributed by atoms with Crippen LogP contribution in [0.1, 0.15) is 0 Å². The quantitative estimate of drug-likeness (QED) is 0.0819. The average molecular weight is 1540 g/mol. The first-order chi connectivity index (χ1) is 59.4. The summed E-state index contributed by atoms with van der Waals surface area (Å²) < 4.78 is 0. The molecule has 0 atom stereocenters. The molecule has 20 aromatic rings. The highest BCUT2D eigenvalue weighted by Crippen LogP contribution is 2.38. The molecule has 0 aliphatic rings. The molecule has 0 aliphatic carbocycles. The average Bonchev–Trinajstić information content (AvgIpc) is 0.820. The predicted octanol–water partition coefficient (Wildman–Crippen LogP) is 27.3. The van der Waals surface area contributed by atoms with Gasteiger partial charge in [-0.2, -0.15) is 0 Å². The van der Waals surface area contributed by atoms with Crippen LogP contribution in [0.2, 0.25) is 0 Å². The molecule has 0 N–H and O–H groups in total. The summed E-state index contributed by atoms with van der Waals surface area (Å²) in [4.78, 5) is 50.3. The second kappa shape index (κ2) is 34.4. The molecule has 0 fully saturated rings. The van der Waals surface area contributed by atoms with Crippen molar-refractivity contribution in [3.63, 3.8) is 0 Å². The minimum atomic E-state index is 0.608. The van der Waals surface area contributed by atoms with E-state index in [0.29, 0.717) is 46.6 Å². The number of nitrogens with zero attached hydrogens (tertiary/aromatic N) is 10. The van der Waals surface area contributed by atoms with Gasteiger partial charge in [0, 0.05) is 66.8 Å². The zero-order valence-corrected chi connectivity index (χ0v) is 65.2. The van der Waals surface area contributed by atoms with Gasteiger partial charge in [-0.1, -0.05) is 400 Å². The molecule has 10 heteroatoms. The Balaban J connectivity index is 0.000000159. The number of hydrogen-bond donors (Lipinski definition) is 0. The Labute approximate surface area is 697 Å². The Hall–Kier alpha value is -16.3. The third kappa shape index (κ3) is 16.8. The van der Waals surface area contributed by atoms with Crippen molar-refractivity contribution in [1.82, 2.24) is 49.8 Å². The van der Waals surface area contributed by atoms with Gasteiger partial charge in [0.2, 0.25) is 0 Å². The minimum Gasteiger partial charge on any atom is -0.228 e. The highest BCUT2D eigenvalue weighted by Gasteiger charge is 2.20. The van der Waals surface area contributed by atoms with Crippen molar-refractivity contribution in [3.05, 3.63) is 449 Å². The summed E-state index contributed by atoms with van der Waals surface area (Å²) >= 11 is 0. The maximum atomic E-state index is 5.19. The smallest absolute Gasteiger partial charge is 0.164 e. The van der Waals surface area contributed by atoms with E-state index in [1.54, 1.807) is 0 Å². The Kier molecular flexibility index (Phi) is 21.2. The molecule has 0 spiro atoms. The summed E-state index contributed by atoms with van der Waals surface area (Å²) in [5.74, 6) is 5.11. The van der Waals surface area contributed by atoms with Crippen LogP contribution in [-0.2, 0) is 0 Å². The summed E-state index contributed by atoms with van der Waals surface area (Å²) in [6, 6.07) is 154. The van der Waals surface area contributed by atoms with Crippen LogP contribution in [-0.4, -0.2) is 49.8 Å². The second-order valence-electron chi connectivity index (χ2n) is 29.1. The largest absolute Gasteiger partial charge is 0.228 e. The Morgan fingerprint density at radius 2 is 0.217 bits per heavy atom. The lowest BCUT2D eigenvalue weighted by atomic mass is 9.97. The van der Waals surface area contributed by atoms with Gasteiger partial charge < -0.3 is 0 Å².